The molecule has 1 aromatic carbocycles. The number of fused-ring (bicyclic) bond motifs is 2. The highest BCUT2D eigenvalue weighted by atomic mass is 32.2. The Labute approximate surface area is 95.9 Å². The number of sulfonamides is 1. The summed E-state index contributed by atoms with van der Waals surface area (Å²) < 4.78 is 26.9. The van der Waals surface area contributed by atoms with Crippen LogP contribution in [0.4, 0.5) is 0 Å². The second-order valence-electron chi connectivity index (χ2n) is 4.74. The molecule has 0 atom stereocenters. The van der Waals surface area contributed by atoms with Crippen LogP contribution in [-0.4, -0.2) is 8.42 Å². The molecule has 0 aromatic heterocycles. The zero-order valence-corrected chi connectivity index (χ0v) is 9.89. The first kappa shape index (κ1) is 10.3. The Kier molecular flexibility index (Phi) is 2.13. The summed E-state index contributed by atoms with van der Waals surface area (Å²) in [7, 11) is -3.26. The van der Waals surface area contributed by atoms with Crippen molar-refractivity contribution in [2.24, 2.45) is 0 Å². The van der Waals surface area contributed by atoms with Gasteiger partial charge in [0.05, 0.1) is 10.4 Å². The van der Waals surface area contributed by atoms with Crippen LogP contribution in [0.2, 0.25) is 0 Å². The van der Waals surface area contributed by atoms with Crippen LogP contribution in [0.15, 0.2) is 29.2 Å². The molecule has 0 unspecified atom stereocenters. The third kappa shape index (κ3) is 1.33. The van der Waals surface area contributed by atoms with E-state index in [-0.39, 0.29) is 5.54 Å². The van der Waals surface area contributed by atoms with Crippen LogP contribution >= 0.6 is 0 Å². The van der Waals surface area contributed by atoms with Crippen molar-refractivity contribution in [1.82, 2.24) is 4.72 Å². The maximum absolute atomic E-state index is 12.0. The Hall–Kier alpha value is -0.870. The molecule has 16 heavy (non-hydrogen) atoms. The second kappa shape index (κ2) is 3.31. The van der Waals surface area contributed by atoms with Gasteiger partial charge in [-0.15, -0.1) is 0 Å². The molecule has 2 aliphatic rings. The van der Waals surface area contributed by atoms with Gasteiger partial charge in [-0.05, 0) is 24.5 Å². The summed E-state index contributed by atoms with van der Waals surface area (Å²) in [6.07, 6.45) is 5.30. The quantitative estimate of drug-likeness (QED) is 0.751. The molecule has 0 amide bonds. The fourth-order valence-electron chi connectivity index (χ4n) is 2.99. The lowest BCUT2D eigenvalue weighted by atomic mass is 9.77. The van der Waals surface area contributed by atoms with Crippen molar-refractivity contribution in [3.8, 4) is 0 Å². The lowest BCUT2D eigenvalue weighted by Crippen LogP contribution is -2.40. The van der Waals surface area contributed by atoms with Gasteiger partial charge in [-0.3, -0.25) is 0 Å². The number of hydrogen-bond acceptors (Lipinski definition) is 2. The molecule has 1 aliphatic carbocycles. The summed E-state index contributed by atoms with van der Waals surface area (Å²) in [5.74, 6) is 0. The van der Waals surface area contributed by atoms with Crippen LogP contribution in [0.1, 0.15) is 37.7 Å². The summed E-state index contributed by atoms with van der Waals surface area (Å²) in [4.78, 5) is 0.483. The number of benzene rings is 1. The van der Waals surface area contributed by atoms with Crippen LogP contribution in [0, 0.1) is 0 Å². The largest absolute Gasteiger partial charge is 0.241 e. The predicted octanol–water partition coefficient (Wildman–Crippen LogP) is 2.14. The molecule has 3 rings (SSSR count). The SMILES string of the molecule is O=S1(=O)NC2(CCCCC2)c2ccccc21. The molecule has 3 nitrogen and oxygen atoms in total. The Morgan fingerprint density at radius 2 is 1.75 bits per heavy atom. The van der Waals surface area contributed by atoms with Crippen molar-refractivity contribution in [3.63, 3.8) is 0 Å². The van der Waals surface area contributed by atoms with Gasteiger partial charge in [0.2, 0.25) is 10.0 Å². The van der Waals surface area contributed by atoms with E-state index in [1.54, 1.807) is 12.1 Å². The number of rotatable bonds is 0. The first-order valence-electron chi connectivity index (χ1n) is 5.78. The minimum Gasteiger partial charge on any atom is -0.207 e. The van der Waals surface area contributed by atoms with Crippen molar-refractivity contribution < 1.29 is 8.42 Å². The minimum absolute atomic E-state index is 0.298. The average Bonchev–Trinajstić information content (AvgIpc) is 2.50. The lowest BCUT2D eigenvalue weighted by molar-refractivity contribution is 0.280. The summed E-state index contributed by atoms with van der Waals surface area (Å²) in [5.41, 5.74) is 0.683. The maximum Gasteiger partial charge on any atom is 0.241 e. The lowest BCUT2D eigenvalue weighted by Gasteiger charge is -2.33. The molecule has 1 spiro atoms. The zero-order chi connectivity index (χ0) is 11.2. The van der Waals surface area contributed by atoms with Gasteiger partial charge < -0.3 is 0 Å². The van der Waals surface area contributed by atoms with Crippen molar-refractivity contribution in [2.75, 3.05) is 0 Å². The fraction of sp³-hybridized carbons (Fsp3) is 0.500. The molecule has 1 heterocycles. The van der Waals surface area contributed by atoms with E-state index in [2.05, 4.69) is 4.72 Å². The first-order chi connectivity index (χ1) is 7.64. The monoisotopic (exact) mass is 237 g/mol. The minimum atomic E-state index is -3.26. The Balaban J connectivity index is 2.19. The summed E-state index contributed by atoms with van der Waals surface area (Å²) >= 11 is 0. The normalized spacial score (nSPS) is 25.5. The van der Waals surface area contributed by atoms with Crippen molar-refractivity contribution in [2.45, 2.75) is 42.5 Å². The van der Waals surface area contributed by atoms with Crippen LogP contribution < -0.4 is 4.72 Å². The van der Waals surface area contributed by atoms with E-state index >= 15 is 0 Å². The third-order valence-corrected chi connectivity index (χ3v) is 5.32. The Morgan fingerprint density at radius 1 is 1.06 bits per heavy atom. The van der Waals surface area contributed by atoms with Gasteiger partial charge in [-0.2, -0.15) is 0 Å². The van der Waals surface area contributed by atoms with Gasteiger partial charge in [0.15, 0.2) is 0 Å². The molecule has 86 valence electrons. The smallest absolute Gasteiger partial charge is 0.207 e. The van der Waals surface area contributed by atoms with Gasteiger partial charge in [-0.1, -0.05) is 37.5 Å². The van der Waals surface area contributed by atoms with Crippen LogP contribution in [-0.2, 0) is 15.6 Å². The van der Waals surface area contributed by atoms with E-state index < -0.39 is 10.0 Å². The highest BCUT2D eigenvalue weighted by Gasteiger charge is 2.46. The molecule has 1 N–H and O–H groups in total. The molecule has 1 aromatic rings. The maximum atomic E-state index is 12.0. The highest BCUT2D eigenvalue weighted by molar-refractivity contribution is 7.89. The van der Waals surface area contributed by atoms with Crippen LogP contribution in [0.3, 0.4) is 0 Å². The van der Waals surface area contributed by atoms with Crippen LogP contribution in [0.25, 0.3) is 0 Å². The summed E-state index contributed by atoms with van der Waals surface area (Å²) in [5, 5.41) is 0. The molecule has 4 heteroatoms. The predicted molar refractivity (Wildman–Crippen MR) is 61.5 cm³/mol. The molecular weight excluding hydrogens is 222 g/mol. The number of nitrogens with one attached hydrogen (secondary N) is 1. The Bertz CT molecular complexity index is 516. The van der Waals surface area contributed by atoms with Crippen molar-refractivity contribution in [3.05, 3.63) is 29.8 Å². The van der Waals surface area contributed by atoms with E-state index in [9.17, 15) is 8.42 Å². The molecule has 0 radical (unpaired) electrons. The van der Waals surface area contributed by atoms with E-state index in [4.69, 9.17) is 0 Å². The highest BCUT2D eigenvalue weighted by Crippen LogP contribution is 2.44. The first-order valence-corrected chi connectivity index (χ1v) is 7.26. The molecule has 1 saturated carbocycles. The van der Waals surface area contributed by atoms with E-state index in [1.165, 1.54) is 6.42 Å². The Morgan fingerprint density at radius 3 is 2.50 bits per heavy atom. The van der Waals surface area contributed by atoms with E-state index in [0.717, 1.165) is 31.2 Å². The van der Waals surface area contributed by atoms with E-state index in [0.29, 0.717) is 4.90 Å². The summed E-state index contributed by atoms with van der Waals surface area (Å²) in [6, 6.07) is 7.39. The van der Waals surface area contributed by atoms with Crippen molar-refractivity contribution in [1.29, 1.82) is 0 Å². The standard InChI is InChI=1S/C12H15NO2S/c14-16(15)11-7-3-2-6-10(11)12(13-16)8-4-1-5-9-12/h2-3,6-7,13H,1,4-5,8-9H2. The molecule has 1 fully saturated rings. The molecule has 0 bridgehead atoms. The van der Waals surface area contributed by atoms with Gasteiger partial charge in [-0.25, -0.2) is 13.1 Å². The van der Waals surface area contributed by atoms with Gasteiger partial charge in [0, 0.05) is 0 Å². The second-order valence-corrected chi connectivity index (χ2v) is 6.40. The zero-order valence-electron chi connectivity index (χ0n) is 9.07. The van der Waals surface area contributed by atoms with Crippen molar-refractivity contribution >= 4 is 10.0 Å². The van der Waals surface area contributed by atoms with E-state index in [1.807, 2.05) is 12.1 Å². The van der Waals surface area contributed by atoms with Crippen LogP contribution in [0.5, 0.6) is 0 Å². The number of hydrogen-bond donors (Lipinski definition) is 1. The molecule has 1 aliphatic heterocycles. The average molecular weight is 237 g/mol. The topological polar surface area (TPSA) is 46.2 Å². The summed E-state index contributed by atoms with van der Waals surface area (Å²) in [6.45, 7) is 0. The van der Waals surface area contributed by atoms with Gasteiger partial charge in [0.25, 0.3) is 0 Å². The molecule has 0 saturated heterocycles. The van der Waals surface area contributed by atoms with Gasteiger partial charge in [0.1, 0.15) is 0 Å². The fourth-order valence-corrected chi connectivity index (χ4v) is 4.74. The molecular formula is C12H15NO2S. The third-order valence-electron chi connectivity index (χ3n) is 3.73. The van der Waals surface area contributed by atoms with Gasteiger partial charge >= 0.3 is 0 Å².